The van der Waals surface area contributed by atoms with Gasteiger partial charge in [0, 0.05) is 42.2 Å². The highest BCUT2D eigenvalue weighted by Gasteiger charge is 2.44. The first-order chi connectivity index (χ1) is 19.1. The van der Waals surface area contributed by atoms with Gasteiger partial charge >= 0.3 is 5.97 Å². The van der Waals surface area contributed by atoms with E-state index in [1.807, 2.05) is 42.5 Å². The number of aliphatic carboxylic acids is 1. The predicted molar refractivity (Wildman–Crippen MR) is 149 cm³/mol. The van der Waals surface area contributed by atoms with E-state index >= 15 is 0 Å². The molecule has 1 saturated carbocycles. The smallest absolute Gasteiger partial charge is 0.335 e. The maximum atomic E-state index is 12.9. The summed E-state index contributed by atoms with van der Waals surface area (Å²) in [5.41, 5.74) is 8.98. The number of benzene rings is 1. The van der Waals surface area contributed by atoms with E-state index < -0.39 is 21.4 Å². The molecule has 3 aromatic heterocycles. The number of sulfone groups is 1. The van der Waals surface area contributed by atoms with Crippen LogP contribution in [0.1, 0.15) is 37.3 Å². The molecule has 3 heterocycles. The summed E-state index contributed by atoms with van der Waals surface area (Å²) in [4.78, 5) is 21.5. The van der Waals surface area contributed by atoms with Gasteiger partial charge in [0.15, 0.2) is 21.1 Å². The molecule has 12 heteroatoms. The molecular formula is C28H31N5O6S. The second-order valence-corrected chi connectivity index (χ2v) is 11.9. The topological polar surface area (TPSA) is 159 Å². The van der Waals surface area contributed by atoms with E-state index in [4.69, 9.17) is 20.2 Å². The SMILES string of the molecule is COCCOC1(C(=O)O)CCC(c2nc3c(-c4ccc(-c5ccccc5)nc4)cnn3c(N)c2S(C)(=O)=O)CC1. The number of pyridine rings is 1. The zero-order valence-corrected chi connectivity index (χ0v) is 23.1. The maximum absolute atomic E-state index is 12.9. The van der Waals surface area contributed by atoms with Crippen molar-refractivity contribution < 1.29 is 27.8 Å². The Hall–Kier alpha value is -3.87. The number of ether oxygens (including phenoxy) is 2. The molecule has 1 aliphatic carbocycles. The Morgan fingerprint density at radius 2 is 1.82 bits per heavy atom. The van der Waals surface area contributed by atoms with E-state index in [0.29, 0.717) is 29.7 Å². The summed E-state index contributed by atoms with van der Waals surface area (Å²) in [5, 5.41) is 14.3. The predicted octanol–water partition coefficient (Wildman–Crippen LogP) is 3.59. The van der Waals surface area contributed by atoms with E-state index in [-0.39, 0.29) is 42.7 Å². The number of nitrogens with zero attached hydrogens (tertiary/aromatic N) is 4. The molecule has 210 valence electrons. The Labute approximate surface area is 231 Å². The number of nitrogens with two attached hydrogens (primary N) is 1. The molecular weight excluding hydrogens is 534 g/mol. The lowest BCUT2D eigenvalue weighted by Gasteiger charge is -2.36. The van der Waals surface area contributed by atoms with Crippen molar-refractivity contribution in [1.82, 2.24) is 19.6 Å². The van der Waals surface area contributed by atoms with Crippen LogP contribution in [0.3, 0.4) is 0 Å². The Kier molecular flexibility index (Phi) is 7.58. The number of anilines is 1. The molecule has 40 heavy (non-hydrogen) atoms. The third-order valence-corrected chi connectivity index (χ3v) is 8.57. The molecule has 1 aliphatic rings. The molecule has 1 aromatic carbocycles. The monoisotopic (exact) mass is 565 g/mol. The molecule has 4 aromatic rings. The van der Waals surface area contributed by atoms with E-state index in [1.165, 1.54) is 11.6 Å². The summed E-state index contributed by atoms with van der Waals surface area (Å²) in [5.74, 6) is -1.41. The lowest BCUT2D eigenvalue weighted by atomic mass is 9.77. The average Bonchev–Trinajstić information content (AvgIpc) is 3.38. The highest BCUT2D eigenvalue weighted by Crippen LogP contribution is 2.43. The van der Waals surface area contributed by atoms with Crippen molar-refractivity contribution in [3.63, 3.8) is 0 Å². The first-order valence-corrected chi connectivity index (χ1v) is 14.8. The molecule has 1 fully saturated rings. The van der Waals surface area contributed by atoms with Crippen molar-refractivity contribution in [2.24, 2.45) is 0 Å². The molecule has 0 aliphatic heterocycles. The summed E-state index contributed by atoms with van der Waals surface area (Å²) < 4.78 is 37.9. The van der Waals surface area contributed by atoms with Crippen LogP contribution in [0.25, 0.3) is 28.0 Å². The second kappa shape index (κ2) is 11.0. The van der Waals surface area contributed by atoms with E-state index in [0.717, 1.165) is 23.1 Å². The number of hydrogen-bond donors (Lipinski definition) is 2. The van der Waals surface area contributed by atoms with E-state index in [2.05, 4.69) is 10.1 Å². The Morgan fingerprint density at radius 3 is 2.42 bits per heavy atom. The number of aromatic nitrogens is 4. The van der Waals surface area contributed by atoms with Gasteiger partial charge in [-0.1, -0.05) is 36.4 Å². The highest BCUT2D eigenvalue weighted by atomic mass is 32.2. The van der Waals surface area contributed by atoms with Crippen LogP contribution in [0.5, 0.6) is 0 Å². The zero-order valence-electron chi connectivity index (χ0n) is 22.3. The van der Waals surface area contributed by atoms with Crippen molar-refractivity contribution in [2.45, 2.75) is 42.1 Å². The minimum absolute atomic E-state index is 0.0333. The Morgan fingerprint density at radius 1 is 1.10 bits per heavy atom. The molecule has 0 bridgehead atoms. The van der Waals surface area contributed by atoms with Crippen LogP contribution in [0.4, 0.5) is 5.82 Å². The van der Waals surface area contributed by atoms with Crippen molar-refractivity contribution in [3.05, 3.63) is 60.6 Å². The van der Waals surface area contributed by atoms with Gasteiger partial charge in [-0.05, 0) is 31.7 Å². The third kappa shape index (κ3) is 5.17. The summed E-state index contributed by atoms with van der Waals surface area (Å²) >= 11 is 0. The van der Waals surface area contributed by atoms with E-state index in [9.17, 15) is 18.3 Å². The molecule has 0 radical (unpaired) electrons. The van der Waals surface area contributed by atoms with Crippen molar-refractivity contribution in [3.8, 4) is 22.4 Å². The van der Waals surface area contributed by atoms with Crippen LogP contribution in [0.15, 0.2) is 59.8 Å². The zero-order chi connectivity index (χ0) is 28.5. The number of rotatable bonds is 9. The number of carboxylic acids is 1. The fourth-order valence-electron chi connectivity index (χ4n) is 5.31. The molecule has 0 saturated heterocycles. The number of methoxy groups -OCH3 is 1. The molecule has 11 nitrogen and oxygen atoms in total. The number of carbonyl (C=O) groups is 1. The van der Waals surface area contributed by atoms with Crippen LogP contribution < -0.4 is 5.73 Å². The van der Waals surface area contributed by atoms with Gasteiger partial charge in [-0.15, -0.1) is 0 Å². The Bertz CT molecular complexity index is 1630. The lowest BCUT2D eigenvalue weighted by molar-refractivity contribution is -0.173. The van der Waals surface area contributed by atoms with Crippen molar-refractivity contribution in [1.29, 1.82) is 0 Å². The number of fused-ring (bicyclic) bond motifs is 1. The normalized spacial score (nSPS) is 19.6. The number of carboxylic acid groups (broad SMARTS) is 1. The molecule has 0 spiro atoms. The molecule has 0 atom stereocenters. The number of hydrogen-bond acceptors (Lipinski definition) is 9. The summed E-state index contributed by atoms with van der Waals surface area (Å²) in [6.45, 7) is 0.423. The van der Waals surface area contributed by atoms with Crippen LogP contribution in [0, 0.1) is 0 Å². The summed E-state index contributed by atoms with van der Waals surface area (Å²) in [7, 11) is -2.27. The van der Waals surface area contributed by atoms with Gasteiger partial charge in [-0.25, -0.2) is 18.2 Å². The average molecular weight is 566 g/mol. The fraction of sp³-hybridized carbons (Fsp3) is 0.357. The summed E-state index contributed by atoms with van der Waals surface area (Å²) in [6.07, 6.45) is 5.52. The molecule has 0 unspecified atom stereocenters. The standard InChI is InChI=1S/C28H31N5O6S/c1-38-14-15-39-28(27(34)35)12-10-19(11-13-28)23-24(40(2,36)37)25(29)33-26(32-23)21(17-31-33)20-8-9-22(30-16-20)18-6-4-3-5-7-18/h3-9,16-17,19H,10-15,29H2,1-2H3,(H,34,35). The van der Waals surface area contributed by atoms with E-state index in [1.54, 1.807) is 12.4 Å². The lowest BCUT2D eigenvalue weighted by Crippen LogP contribution is -2.45. The third-order valence-electron chi connectivity index (χ3n) is 7.41. The largest absolute Gasteiger partial charge is 0.479 e. The van der Waals surface area contributed by atoms with Gasteiger partial charge < -0.3 is 20.3 Å². The Balaban J connectivity index is 1.53. The first kappa shape index (κ1) is 27.7. The van der Waals surface area contributed by atoms with Gasteiger partial charge in [0.05, 0.1) is 30.8 Å². The highest BCUT2D eigenvalue weighted by molar-refractivity contribution is 7.91. The minimum atomic E-state index is -3.78. The van der Waals surface area contributed by atoms with Crippen LogP contribution in [-0.2, 0) is 24.1 Å². The fourth-order valence-corrected chi connectivity index (χ4v) is 6.37. The second-order valence-electron chi connectivity index (χ2n) is 9.99. The number of nitrogen functional groups attached to an aromatic ring is 1. The van der Waals surface area contributed by atoms with Gasteiger partial charge in [0.1, 0.15) is 10.7 Å². The van der Waals surface area contributed by atoms with Gasteiger partial charge in [0.25, 0.3) is 0 Å². The van der Waals surface area contributed by atoms with Crippen LogP contribution >= 0.6 is 0 Å². The molecule has 0 amide bonds. The van der Waals surface area contributed by atoms with Crippen LogP contribution in [-0.4, -0.2) is 71.3 Å². The van der Waals surface area contributed by atoms with Gasteiger partial charge in [-0.2, -0.15) is 9.61 Å². The first-order valence-electron chi connectivity index (χ1n) is 12.9. The van der Waals surface area contributed by atoms with Crippen molar-refractivity contribution >= 4 is 27.3 Å². The molecule has 3 N–H and O–H groups in total. The maximum Gasteiger partial charge on any atom is 0.335 e. The van der Waals surface area contributed by atoms with Gasteiger partial charge in [-0.3, -0.25) is 4.98 Å². The van der Waals surface area contributed by atoms with Crippen molar-refractivity contribution in [2.75, 3.05) is 32.3 Å². The quantitative estimate of drug-likeness (QED) is 0.287. The van der Waals surface area contributed by atoms with Gasteiger partial charge in [0.2, 0.25) is 0 Å². The molecule has 5 rings (SSSR count). The van der Waals surface area contributed by atoms with Crippen LogP contribution in [0.2, 0.25) is 0 Å². The summed E-state index contributed by atoms with van der Waals surface area (Å²) in [6, 6.07) is 13.6. The minimum Gasteiger partial charge on any atom is -0.479 e.